The molecule has 0 atom stereocenters. The lowest BCUT2D eigenvalue weighted by molar-refractivity contribution is -0.135. The van der Waals surface area contributed by atoms with Crippen molar-refractivity contribution in [3.05, 3.63) is 0 Å². The van der Waals surface area contributed by atoms with Gasteiger partial charge in [0.1, 0.15) is 18.9 Å². The molecule has 0 amide bonds. The molecule has 0 rings (SSSR count). The van der Waals surface area contributed by atoms with Crippen LogP contribution < -0.4 is 5.32 Å². The molecule has 0 saturated heterocycles. The van der Waals surface area contributed by atoms with Crippen LogP contribution in [0, 0.1) is 0 Å². The highest BCUT2D eigenvalue weighted by Gasteiger charge is 2.30. The highest BCUT2D eigenvalue weighted by molar-refractivity contribution is 7.53. The second-order valence-electron chi connectivity index (χ2n) is 4.73. The van der Waals surface area contributed by atoms with E-state index in [1.165, 1.54) is 0 Å². The van der Waals surface area contributed by atoms with E-state index in [0.29, 0.717) is 4.90 Å². The molecular weight excluding hydrogens is 448 g/mol. The van der Waals surface area contributed by atoms with Crippen LogP contribution in [0.4, 0.5) is 0 Å². The zero-order valence-electron chi connectivity index (χ0n) is 12.8. The molecule has 0 aliphatic carbocycles. The van der Waals surface area contributed by atoms with Gasteiger partial charge in [-0.3, -0.25) is 33.3 Å². The first kappa shape index (κ1) is 28.2. The number of carboxylic acids is 1. The molecule has 20 heteroatoms. The van der Waals surface area contributed by atoms with Crippen LogP contribution in [-0.2, 0) is 23.1 Å². The highest BCUT2D eigenvalue weighted by Crippen LogP contribution is 2.45. The number of hydrogen-bond acceptors (Lipinski definition) is 7. The number of rotatable bonds is 10. The van der Waals surface area contributed by atoms with Crippen LogP contribution in [0.15, 0.2) is 0 Å². The summed E-state index contributed by atoms with van der Waals surface area (Å²) in [7, 11) is -18.1. The smallest absolute Gasteiger partial charge is 0.339 e. The van der Waals surface area contributed by atoms with Crippen molar-refractivity contribution in [2.75, 3.05) is 31.7 Å². The molecule has 10 N–H and O–H groups in total. The van der Waals surface area contributed by atoms with E-state index in [9.17, 15) is 23.1 Å². The van der Waals surface area contributed by atoms with Gasteiger partial charge >= 0.3 is 36.4 Å². The van der Waals surface area contributed by atoms with Crippen LogP contribution >= 0.6 is 30.4 Å². The van der Waals surface area contributed by atoms with Gasteiger partial charge in [0.15, 0.2) is 0 Å². The lowest BCUT2D eigenvalue weighted by Gasteiger charge is -2.22. The number of nitrogens with zero attached hydrogens (tertiary/aromatic N) is 1. The van der Waals surface area contributed by atoms with Gasteiger partial charge in [-0.2, -0.15) is 0 Å². The van der Waals surface area contributed by atoms with Crippen molar-refractivity contribution in [2.24, 2.45) is 0 Å². The first-order chi connectivity index (χ1) is 11.2. The summed E-state index contributed by atoms with van der Waals surface area (Å²) in [6, 6.07) is 0. The van der Waals surface area contributed by atoms with Crippen LogP contribution in [0.2, 0.25) is 0 Å². The number of carbonyl (C=O) groups is 1. The molecule has 26 heavy (non-hydrogen) atoms. The first-order valence-corrected chi connectivity index (χ1v) is 13.2. The summed E-state index contributed by atoms with van der Waals surface area (Å²) in [6.07, 6.45) is -4.01. The van der Waals surface area contributed by atoms with Crippen LogP contribution in [0.5, 0.6) is 0 Å². The molecule has 0 saturated carbocycles. The van der Waals surface area contributed by atoms with E-state index in [1.54, 1.807) is 0 Å². The quantitative estimate of drug-likeness (QED) is 0.148. The zero-order valence-corrected chi connectivity index (χ0v) is 16.4. The topological polar surface area (TPSA) is 283 Å². The third kappa shape index (κ3) is 26.2. The standard InChI is InChI=1S/C3H12NO9P3.C3H8NO5P/c5-14(6,7)1-4(2-15(8,9)10)3-16(11,12)13;5-3(6)1-4-2-10(7,8)9/h1-3H2,(H2,5,6,7)(H2,8,9,10)(H2,11,12,13);4H,1-2H2,(H,5,6)(H2,7,8,9). The minimum atomic E-state index is -4.65. The number of nitrogens with one attached hydrogen (secondary N) is 1. The van der Waals surface area contributed by atoms with Gasteiger partial charge in [0, 0.05) is 0 Å². The fourth-order valence-corrected chi connectivity index (χ4v) is 4.26. The summed E-state index contributed by atoms with van der Waals surface area (Å²) in [6.45, 7) is -0.439. The highest BCUT2D eigenvalue weighted by atomic mass is 31.2. The van der Waals surface area contributed by atoms with Gasteiger partial charge in [-0.25, -0.2) is 0 Å². The summed E-state index contributed by atoms with van der Waals surface area (Å²) in [5.41, 5.74) is 0. The zero-order chi connectivity index (χ0) is 21.4. The van der Waals surface area contributed by atoms with Crippen molar-refractivity contribution in [1.82, 2.24) is 10.2 Å². The fraction of sp³-hybridized carbons (Fsp3) is 0.833. The monoisotopic (exact) mass is 468 g/mol. The Kier molecular flexibility index (Phi) is 12.0. The van der Waals surface area contributed by atoms with Gasteiger partial charge in [0.2, 0.25) is 0 Å². The van der Waals surface area contributed by atoms with E-state index in [0.717, 1.165) is 0 Å². The first-order valence-electron chi connectivity index (χ1n) is 6.03. The van der Waals surface area contributed by atoms with Crippen molar-refractivity contribution in [1.29, 1.82) is 0 Å². The van der Waals surface area contributed by atoms with Crippen molar-refractivity contribution >= 4 is 36.4 Å². The second kappa shape index (κ2) is 11.1. The SMILES string of the molecule is O=C(O)CNCP(=O)(O)O.O=P(O)(O)CN(CP(=O)(O)O)CP(=O)(O)O. The van der Waals surface area contributed by atoms with Gasteiger partial charge in [0.25, 0.3) is 0 Å². The maximum Gasteiger partial charge on any atom is 0.339 e. The molecule has 0 aliphatic heterocycles. The van der Waals surface area contributed by atoms with E-state index in [1.807, 2.05) is 0 Å². The van der Waals surface area contributed by atoms with Crippen LogP contribution in [-0.4, -0.2) is 86.8 Å². The Morgan fingerprint density at radius 2 is 1.00 bits per heavy atom. The van der Waals surface area contributed by atoms with Crippen molar-refractivity contribution in [3.8, 4) is 0 Å². The van der Waals surface area contributed by atoms with Crippen molar-refractivity contribution in [2.45, 2.75) is 0 Å². The average molecular weight is 468 g/mol. The number of aliphatic carboxylic acids is 1. The van der Waals surface area contributed by atoms with Crippen molar-refractivity contribution in [3.63, 3.8) is 0 Å². The Balaban J connectivity index is 0. The molecule has 0 bridgehead atoms. The largest absolute Gasteiger partial charge is 0.480 e. The van der Waals surface area contributed by atoms with Gasteiger partial charge in [-0.05, 0) is 0 Å². The predicted molar refractivity (Wildman–Crippen MR) is 85.1 cm³/mol. The molecule has 0 aromatic carbocycles. The van der Waals surface area contributed by atoms with Gasteiger partial charge in [0.05, 0.1) is 12.8 Å². The molecule has 0 spiro atoms. The second-order valence-corrected chi connectivity index (χ2v) is 11.2. The summed E-state index contributed by atoms with van der Waals surface area (Å²) < 4.78 is 41.7. The number of carboxylic acid groups (broad SMARTS) is 1. The van der Waals surface area contributed by atoms with E-state index in [4.69, 9.17) is 44.3 Å². The molecule has 0 aromatic rings. The van der Waals surface area contributed by atoms with E-state index in [-0.39, 0.29) is 0 Å². The maximum atomic E-state index is 10.6. The third-order valence-corrected chi connectivity index (χ3v) is 4.69. The molecular formula is C6H20N2O14P4. The Morgan fingerprint density at radius 1 is 0.692 bits per heavy atom. The molecule has 158 valence electrons. The van der Waals surface area contributed by atoms with Crippen LogP contribution in [0.25, 0.3) is 0 Å². The molecule has 0 aliphatic rings. The molecule has 0 unspecified atom stereocenters. The number of hydrogen-bond donors (Lipinski definition) is 10. The molecule has 0 radical (unpaired) electrons. The average Bonchev–Trinajstić information content (AvgIpc) is 2.18. The Bertz CT molecular complexity index is 570. The normalized spacial score (nSPS) is 13.3. The third-order valence-electron chi connectivity index (χ3n) is 1.75. The Hall–Kier alpha value is -0.0100. The predicted octanol–water partition coefficient (Wildman–Crippen LogP) is -2.51. The Labute approximate surface area is 146 Å². The lowest BCUT2D eigenvalue weighted by Crippen LogP contribution is -2.27. The van der Waals surface area contributed by atoms with Crippen LogP contribution in [0.1, 0.15) is 0 Å². The van der Waals surface area contributed by atoms with E-state index >= 15 is 0 Å². The van der Waals surface area contributed by atoms with Gasteiger partial charge in [-0.1, -0.05) is 0 Å². The fourth-order valence-electron chi connectivity index (χ4n) is 1.22. The van der Waals surface area contributed by atoms with Gasteiger partial charge < -0.3 is 44.3 Å². The summed E-state index contributed by atoms with van der Waals surface area (Å²) in [5, 5.41) is 10.1. The molecule has 16 nitrogen and oxygen atoms in total. The minimum Gasteiger partial charge on any atom is -0.480 e. The summed E-state index contributed by atoms with van der Waals surface area (Å²) >= 11 is 0. The van der Waals surface area contributed by atoms with Crippen molar-refractivity contribution < 1.29 is 67.3 Å². The summed E-state index contributed by atoms with van der Waals surface area (Å²) in [5.74, 6) is -1.14. The lowest BCUT2D eigenvalue weighted by atomic mass is 10.7. The Morgan fingerprint density at radius 3 is 1.19 bits per heavy atom. The van der Waals surface area contributed by atoms with E-state index in [2.05, 4.69) is 5.32 Å². The maximum absolute atomic E-state index is 10.6. The molecule has 0 fully saturated rings. The minimum absolute atomic E-state index is 0.336. The summed E-state index contributed by atoms with van der Waals surface area (Å²) in [4.78, 5) is 77.7. The molecule has 0 heterocycles. The molecule has 0 aromatic heterocycles. The van der Waals surface area contributed by atoms with Gasteiger partial charge in [-0.15, -0.1) is 0 Å². The van der Waals surface area contributed by atoms with E-state index < -0.39 is 68.0 Å². The van der Waals surface area contributed by atoms with Crippen LogP contribution in [0.3, 0.4) is 0 Å².